The van der Waals surface area contributed by atoms with Crippen LogP contribution in [0.25, 0.3) is 22.3 Å². The fourth-order valence-electron chi connectivity index (χ4n) is 4.62. The molecular formula is C27H27F3. The summed E-state index contributed by atoms with van der Waals surface area (Å²) < 4.78 is 43.0. The Morgan fingerprint density at radius 3 is 2.00 bits per heavy atom. The van der Waals surface area contributed by atoms with Gasteiger partial charge in [-0.3, -0.25) is 0 Å². The molecule has 3 aromatic rings. The van der Waals surface area contributed by atoms with E-state index in [4.69, 9.17) is 0 Å². The largest absolute Gasteiger partial charge is 0.206 e. The molecule has 0 saturated heterocycles. The molecule has 30 heavy (non-hydrogen) atoms. The van der Waals surface area contributed by atoms with Crippen LogP contribution in [0.3, 0.4) is 0 Å². The van der Waals surface area contributed by atoms with Crippen LogP contribution in [0.4, 0.5) is 13.2 Å². The highest BCUT2D eigenvalue weighted by molar-refractivity contribution is 5.71. The molecule has 3 heteroatoms. The van der Waals surface area contributed by atoms with Crippen LogP contribution >= 0.6 is 0 Å². The first-order chi connectivity index (χ1) is 14.5. The zero-order valence-corrected chi connectivity index (χ0v) is 17.5. The standard InChI is InChI=1S/C27H27F3/c1-3-18-5-7-19(8-6-18)20-9-11-21(12-10-20)23-15-13-22(16-25(23)28)24-14-4-17(2)26(29)27(24)30/h4,9-16,18-19H,3,5-8H2,1-2H3. The molecule has 0 heterocycles. The molecule has 1 aliphatic carbocycles. The summed E-state index contributed by atoms with van der Waals surface area (Å²) in [5.74, 6) is -0.817. The molecule has 1 saturated carbocycles. The lowest BCUT2D eigenvalue weighted by Crippen LogP contribution is -2.12. The Bertz CT molecular complexity index is 1030. The number of hydrogen-bond acceptors (Lipinski definition) is 0. The van der Waals surface area contributed by atoms with Gasteiger partial charge in [0, 0.05) is 11.1 Å². The van der Waals surface area contributed by atoms with Crippen LogP contribution in [-0.4, -0.2) is 0 Å². The lowest BCUT2D eigenvalue weighted by atomic mass is 9.77. The van der Waals surface area contributed by atoms with E-state index >= 15 is 0 Å². The van der Waals surface area contributed by atoms with Crippen molar-refractivity contribution in [2.75, 3.05) is 0 Å². The van der Waals surface area contributed by atoms with E-state index in [9.17, 15) is 13.2 Å². The van der Waals surface area contributed by atoms with E-state index in [1.54, 1.807) is 12.1 Å². The van der Waals surface area contributed by atoms with Crippen molar-refractivity contribution < 1.29 is 13.2 Å². The van der Waals surface area contributed by atoms with Gasteiger partial charge in [-0.1, -0.05) is 61.9 Å². The summed E-state index contributed by atoms with van der Waals surface area (Å²) >= 11 is 0. The summed E-state index contributed by atoms with van der Waals surface area (Å²) in [5, 5.41) is 0. The maximum Gasteiger partial charge on any atom is 0.166 e. The van der Waals surface area contributed by atoms with Crippen molar-refractivity contribution in [2.24, 2.45) is 5.92 Å². The van der Waals surface area contributed by atoms with Gasteiger partial charge in [0.25, 0.3) is 0 Å². The summed E-state index contributed by atoms with van der Waals surface area (Å²) in [4.78, 5) is 0. The molecule has 0 bridgehead atoms. The maximum atomic E-state index is 14.9. The van der Waals surface area contributed by atoms with E-state index < -0.39 is 17.5 Å². The van der Waals surface area contributed by atoms with Gasteiger partial charge in [0.1, 0.15) is 5.82 Å². The van der Waals surface area contributed by atoms with E-state index in [1.807, 2.05) is 12.1 Å². The van der Waals surface area contributed by atoms with Crippen molar-refractivity contribution in [3.8, 4) is 22.3 Å². The summed E-state index contributed by atoms with van der Waals surface area (Å²) in [6.45, 7) is 3.77. The monoisotopic (exact) mass is 408 g/mol. The van der Waals surface area contributed by atoms with E-state index in [2.05, 4.69) is 19.1 Å². The molecule has 0 nitrogen and oxygen atoms in total. The minimum absolute atomic E-state index is 0.0709. The van der Waals surface area contributed by atoms with Gasteiger partial charge in [0.15, 0.2) is 11.6 Å². The molecule has 0 amide bonds. The van der Waals surface area contributed by atoms with Crippen molar-refractivity contribution in [1.29, 1.82) is 0 Å². The fraction of sp³-hybridized carbons (Fsp3) is 0.333. The van der Waals surface area contributed by atoms with Crippen LogP contribution in [0.15, 0.2) is 54.6 Å². The number of halogens is 3. The third kappa shape index (κ3) is 4.03. The molecule has 156 valence electrons. The van der Waals surface area contributed by atoms with Gasteiger partial charge in [-0.25, -0.2) is 13.2 Å². The third-order valence-electron chi connectivity index (χ3n) is 6.67. The van der Waals surface area contributed by atoms with Gasteiger partial charge >= 0.3 is 0 Å². The normalized spacial score (nSPS) is 19.1. The second-order valence-electron chi connectivity index (χ2n) is 8.50. The summed E-state index contributed by atoms with van der Waals surface area (Å²) in [6.07, 6.45) is 6.28. The second kappa shape index (κ2) is 8.67. The Labute approximate surface area is 176 Å². The Hall–Kier alpha value is -2.55. The third-order valence-corrected chi connectivity index (χ3v) is 6.67. The van der Waals surface area contributed by atoms with Crippen molar-refractivity contribution in [1.82, 2.24) is 0 Å². The molecule has 0 unspecified atom stereocenters. The topological polar surface area (TPSA) is 0 Å². The minimum atomic E-state index is -0.940. The quantitative estimate of drug-likeness (QED) is 0.406. The average Bonchev–Trinajstić information content (AvgIpc) is 2.78. The molecule has 0 atom stereocenters. The van der Waals surface area contributed by atoms with E-state index in [-0.39, 0.29) is 11.1 Å². The number of benzene rings is 3. The lowest BCUT2D eigenvalue weighted by molar-refractivity contribution is 0.319. The molecule has 4 rings (SSSR count). The van der Waals surface area contributed by atoms with Crippen molar-refractivity contribution in [3.05, 3.63) is 83.2 Å². The number of hydrogen-bond donors (Lipinski definition) is 0. The zero-order valence-electron chi connectivity index (χ0n) is 17.5. The second-order valence-corrected chi connectivity index (χ2v) is 8.50. The Balaban J connectivity index is 1.56. The molecule has 0 N–H and O–H groups in total. The van der Waals surface area contributed by atoms with E-state index in [0.29, 0.717) is 17.0 Å². The van der Waals surface area contributed by atoms with Gasteiger partial charge in [0.05, 0.1) is 0 Å². The van der Waals surface area contributed by atoms with Gasteiger partial charge < -0.3 is 0 Å². The summed E-state index contributed by atoms with van der Waals surface area (Å²) in [6, 6.07) is 15.7. The first-order valence-corrected chi connectivity index (χ1v) is 10.8. The first kappa shape index (κ1) is 20.7. The number of rotatable bonds is 4. The smallest absolute Gasteiger partial charge is 0.166 e. The lowest BCUT2D eigenvalue weighted by Gasteiger charge is -2.28. The summed E-state index contributed by atoms with van der Waals surface area (Å²) in [5.41, 5.74) is 3.21. The van der Waals surface area contributed by atoms with Crippen LogP contribution < -0.4 is 0 Å². The predicted molar refractivity (Wildman–Crippen MR) is 117 cm³/mol. The molecule has 0 aromatic heterocycles. The molecule has 3 aromatic carbocycles. The Kier molecular flexibility index (Phi) is 5.99. The van der Waals surface area contributed by atoms with Crippen LogP contribution in [-0.2, 0) is 0 Å². The summed E-state index contributed by atoms with van der Waals surface area (Å²) in [7, 11) is 0. The van der Waals surface area contributed by atoms with Gasteiger partial charge in [-0.05, 0) is 72.8 Å². The van der Waals surface area contributed by atoms with Gasteiger partial charge in [-0.15, -0.1) is 0 Å². The van der Waals surface area contributed by atoms with E-state index in [1.165, 1.54) is 62.8 Å². The zero-order chi connectivity index (χ0) is 21.3. The predicted octanol–water partition coefficient (Wildman–Crippen LogP) is 8.43. The minimum Gasteiger partial charge on any atom is -0.206 e. The average molecular weight is 409 g/mol. The molecule has 1 aliphatic rings. The number of aryl methyl sites for hydroxylation is 1. The molecule has 0 spiro atoms. The molecular weight excluding hydrogens is 381 g/mol. The van der Waals surface area contributed by atoms with Crippen molar-refractivity contribution >= 4 is 0 Å². The van der Waals surface area contributed by atoms with Crippen LogP contribution in [0.1, 0.15) is 56.1 Å². The highest BCUT2D eigenvalue weighted by atomic mass is 19.2. The van der Waals surface area contributed by atoms with Crippen molar-refractivity contribution in [2.45, 2.75) is 51.9 Å². The van der Waals surface area contributed by atoms with Crippen LogP contribution in [0.2, 0.25) is 0 Å². The SMILES string of the molecule is CCC1CCC(c2ccc(-c3ccc(-c4ccc(C)c(F)c4F)cc3F)cc2)CC1. The van der Waals surface area contributed by atoms with Crippen LogP contribution in [0.5, 0.6) is 0 Å². The molecule has 1 fully saturated rings. The van der Waals surface area contributed by atoms with Crippen LogP contribution in [0, 0.1) is 30.3 Å². The first-order valence-electron chi connectivity index (χ1n) is 10.8. The maximum absolute atomic E-state index is 14.9. The van der Waals surface area contributed by atoms with Gasteiger partial charge in [-0.2, -0.15) is 0 Å². The highest BCUT2D eigenvalue weighted by Crippen LogP contribution is 2.38. The highest BCUT2D eigenvalue weighted by Gasteiger charge is 2.21. The molecule has 0 aliphatic heterocycles. The Morgan fingerprint density at radius 1 is 0.733 bits per heavy atom. The van der Waals surface area contributed by atoms with Crippen molar-refractivity contribution in [3.63, 3.8) is 0 Å². The molecule has 0 radical (unpaired) electrons. The Morgan fingerprint density at radius 2 is 1.37 bits per heavy atom. The van der Waals surface area contributed by atoms with Gasteiger partial charge in [0.2, 0.25) is 0 Å². The fourth-order valence-corrected chi connectivity index (χ4v) is 4.62. The van der Waals surface area contributed by atoms with E-state index in [0.717, 1.165) is 11.5 Å².